The summed E-state index contributed by atoms with van der Waals surface area (Å²) in [6.07, 6.45) is 2.79. The minimum Gasteiger partial charge on any atom is -0.491 e. The number of thiophene rings is 1. The molecule has 1 aromatic heterocycles. The predicted molar refractivity (Wildman–Crippen MR) is 139 cm³/mol. The Morgan fingerprint density at radius 3 is 2.60 bits per heavy atom. The normalized spacial score (nSPS) is 19.8. The lowest BCUT2D eigenvalue weighted by molar-refractivity contribution is -0.145. The van der Waals surface area contributed by atoms with Crippen LogP contribution in [-0.4, -0.2) is 60.6 Å². The van der Waals surface area contributed by atoms with Crippen LogP contribution in [0.1, 0.15) is 68.5 Å². The molecule has 1 aromatic carbocycles. The first-order valence-electron chi connectivity index (χ1n) is 12.8. The summed E-state index contributed by atoms with van der Waals surface area (Å²) in [7, 11) is 0. The van der Waals surface area contributed by atoms with Crippen LogP contribution < -0.4 is 4.74 Å². The van der Waals surface area contributed by atoms with Crippen molar-refractivity contribution in [2.24, 2.45) is 5.92 Å². The van der Waals surface area contributed by atoms with Gasteiger partial charge in [0.1, 0.15) is 12.4 Å². The first kappa shape index (κ1) is 25.7. The second kappa shape index (κ2) is 11.6. The largest absolute Gasteiger partial charge is 0.491 e. The lowest BCUT2D eigenvalue weighted by Crippen LogP contribution is -2.50. The third-order valence-electron chi connectivity index (χ3n) is 6.95. The molecule has 0 unspecified atom stereocenters. The molecule has 2 amide bonds. The van der Waals surface area contributed by atoms with Gasteiger partial charge in [-0.15, -0.1) is 11.3 Å². The van der Waals surface area contributed by atoms with Crippen molar-refractivity contribution in [2.45, 2.75) is 65.0 Å². The number of amides is 2. The number of fused-ring (bicyclic) bond motifs is 1. The zero-order valence-corrected chi connectivity index (χ0v) is 22.2. The third-order valence-corrected chi connectivity index (χ3v) is 7.95. The standard InChI is InChI=1S/C28H38N2O4S/c1-19(2)21-7-9-22(10-8-21)34-18-25-24-12-15-35-26(24)11-13-30(25)27(31)17-29(28(32)20(3)4)16-23-6-5-14-33-23/h7-10,12,15,19-20,23,25H,5-6,11,13-14,16-18H2,1-4H3/t23-,25-/m1/s1. The molecule has 2 aliphatic rings. The number of carbonyl (C=O) groups excluding carboxylic acids is 2. The van der Waals surface area contributed by atoms with Crippen LogP contribution in [-0.2, 0) is 20.7 Å². The van der Waals surface area contributed by atoms with E-state index in [0.29, 0.717) is 25.6 Å². The van der Waals surface area contributed by atoms with E-state index >= 15 is 0 Å². The van der Waals surface area contributed by atoms with Crippen molar-refractivity contribution in [2.75, 3.05) is 32.8 Å². The zero-order valence-electron chi connectivity index (χ0n) is 21.4. The third kappa shape index (κ3) is 6.25. The van der Waals surface area contributed by atoms with E-state index in [1.807, 2.05) is 30.9 Å². The van der Waals surface area contributed by atoms with Crippen LogP contribution in [0.25, 0.3) is 0 Å². The Morgan fingerprint density at radius 1 is 1.17 bits per heavy atom. The second-order valence-electron chi connectivity index (χ2n) is 10.2. The summed E-state index contributed by atoms with van der Waals surface area (Å²) in [6, 6.07) is 10.1. The SMILES string of the molecule is CC(C)C(=O)N(CC(=O)N1CCc2sccc2[C@H]1COc1ccc(C(C)C)cc1)C[C@H]1CCCO1. The number of benzene rings is 1. The molecule has 7 heteroatoms. The van der Waals surface area contributed by atoms with Crippen molar-refractivity contribution >= 4 is 23.2 Å². The summed E-state index contributed by atoms with van der Waals surface area (Å²) in [4.78, 5) is 31.5. The van der Waals surface area contributed by atoms with Crippen molar-refractivity contribution in [1.29, 1.82) is 0 Å². The first-order valence-corrected chi connectivity index (χ1v) is 13.7. The molecular weight excluding hydrogens is 460 g/mol. The molecule has 2 aliphatic heterocycles. The predicted octanol–water partition coefficient (Wildman–Crippen LogP) is 5.04. The molecule has 1 fully saturated rings. The lowest BCUT2D eigenvalue weighted by Gasteiger charge is -2.37. The van der Waals surface area contributed by atoms with Gasteiger partial charge in [0, 0.05) is 30.5 Å². The average Bonchev–Trinajstić information content (AvgIpc) is 3.53. The average molecular weight is 499 g/mol. The Bertz CT molecular complexity index is 995. The molecule has 190 valence electrons. The van der Waals surface area contributed by atoms with Crippen LogP contribution in [0.15, 0.2) is 35.7 Å². The Hall–Kier alpha value is -2.38. The lowest BCUT2D eigenvalue weighted by atomic mass is 10.00. The molecule has 0 aliphatic carbocycles. The van der Waals surface area contributed by atoms with Gasteiger partial charge in [-0.2, -0.15) is 0 Å². The summed E-state index contributed by atoms with van der Waals surface area (Å²) in [6.45, 7) is 10.4. The van der Waals surface area contributed by atoms with Crippen LogP contribution >= 0.6 is 11.3 Å². The molecule has 35 heavy (non-hydrogen) atoms. The second-order valence-corrected chi connectivity index (χ2v) is 11.2. The van der Waals surface area contributed by atoms with Gasteiger partial charge in [-0.25, -0.2) is 0 Å². The zero-order chi connectivity index (χ0) is 24.9. The van der Waals surface area contributed by atoms with E-state index in [0.717, 1.165) is 37.2 Å². The van der Waals surface area contributed by atoms with E-state index in [4.69, 9.17) is 9.47 Å². The van der Waals surface area contributed by atoms with E-state index in [1.165, 1.54) is 10.4 Å². The minimum absolute atomic E-state index is 0.000115. The van der Waals surface area contributed by atoms with E-state index in [1.54, 1.807) is 16.2 Å². The number of hydrogen-bond donors (Lipinski definition) is 0. The molecule has 0 spiro atoms. The maximum Gasteiger partial charge on any atom is 0.242 e. The maximum absolute atomic E-state index is 13.6. The number of nitrogens with zero attached hydrogens (tertiary/aromatic N) is 2. The van der Waals surface area contributed by atoms with Crippen LogP contribution in [0.5, 0.6) is 5.75 Å². The van der Waals surface area contributed by atoms with Gasteiger partial charge in [0.05, 0.1) is 18.7 Å². The maximum atomic E-state index is 13.6. The van der Waals surface area contributed by atoms with Gasteiger partial charge in [0.15, 0.2) is 0 Å². The van der Waals surface area contributed by atoms with Gasteiger partial charge in [0.25, 0.3) is 0 Å². The topological polar surface area (TPSA) is 59.1 Å². The number of ether oxygens (including phenoxy) is 2. The Balaban J connectivity index is 1.48. The van der Waals surface area contributed by atoms with E-state index in [-0.39, 0.29) is 36.4 Å². The van der Waals surface area contributed by atoms with E-state index in [9.17, 15) is 9.59 Å². The molecule has 2 atom stereocenters. The molecule has 1 saturated heterocycles. The van der Waals surface area contributed by atoms with Gasteiger partial charge in [-0.1, -0.05) is 39.8 Å². The van der Waals surface area contributed by atoms with Crippen LogP contribution in [0.4, 0.5) is 0 Å². The molecule has 3 heterocycles. The van der Waals surface area contributed by atoms with E-state index < -0.39 is 0 Å². The highest BCUT2D eigenvalue weighted by atomic mass is 32.1. The Morgan fingerprint density at radius 2 is 1.94 bits per heavy atom. The number of rotatable bonds is 9. The fraction of sp³-hybridized carbons (Fsp3) is 0.571. The molecule has 0 saturated carbocycles. The summed E-state index contributed by atoms with van der Waals surface area (Å²) < 4.78 is 12.0. The Labute approximate surface area is 213 Å². The monoisotopic (exact) mass is 498 g/mol. The van der Waals surface area contributed by atoms with Gasteiger partial charge in [-0.05, 0) is 59.9 Å². The molecule has 0 bridgehead atoms. The fourth-order valence-corrected chi connectivity index (χ4v) is 5.81. The first-order chi connectivity index (χ1) is 16.8. The summed E-state index contributed by atoms with van der Waals surface area (Å²) in [5, 5.41) is 2.09. The van der Waals surface area contributed by atoms with Crippen molar-refractivity contribution in [3.8, 4) is 5.75 Å². The van der Waals surface area contributed by atoms with Crippen molar-refractivity contribution in [3.63, 3.8) is 0 Å². The molecule has 2 aromatic rings. The van der Waals surface area contributed by atoms with Crippen LogP contribution in [0, 0.1) is 5.92 Å². The number of carbonyl (C=O) groups is 2. The Kier molecular flexibility index (Phi) is 8.50. The van der Waals surface area contributed by atoms with Gasteiger partial charge in [0.2, 0.25) is 11.8 Å². The quantitative estimate of drug-likeness (QED) is 0.486. The van der Waals surface area contributed by atoms with Crippen molar-refractivity contribution in [1.82, 2.24) is 9.80 Å². The molecule has 0 radical (unpaired) electrons. The highest BCUT2D eigenvalue weighted by molar-refractivity contribution is 7.10. The summed E-state index contributed by atoms with van der Waals surface area (Å²) >= 11 is 1.74. The van der Waals surface area contributed by atoms with E-state index in [2.05, 4.69) is 37.4 Å². The summed E-state index contributed by atoms with van der Waals surface area (Å²) in [5.74, 6) is 1.08. The molecule has 6 nitrogen and oxygen atoms in total. The van der Waals surface area contributed by atoms with Gasteiger partial charge < -0.3 is 19.3 Å². The molecule has 0 N–H and O–H groups in total. The van der Waals surface area contributed by atoms with Crippen molar-refractivity contribution < 1.29 is 19.1 Å². The highest BCUT2D eigenvalue weighted by Crippen LogP contribution is 2.34. The van der Waals surface area contributed by atoms with Gasteiger partial charge in [-0.3, -0.25) is 9.59 Å². The fourth-order valence-electron chi connectivity index (χ4n) is 4.88. The number of hydrogen-bond acceptors (Lipinski definition) is 5. The molecular formula is C28H38N2O4S. The summed E-state index contributed by atoms with van der Waals surface area (Å²) in [5.41, 5.74) is 2.43. The molecule has 4 rings (SSSR count). The van der Waals surface area contributed by atoms with Crippen molar-refractivity contribution in [3.05, 3.63) is 51.7 Å². The van der Waals surface area contributed by atoms with Gasteiger partial charge >= 0.3 is 0 Å². The van der Waals surface area contributed by atoms with Crippen LogP contribution in [0.2, 0.25) is 0 Å². The smallest absolute Gasteiger partial charge is 0.242 e. The highest BCUT2D eigenvalue weighted by Gasteiger charge is 2.34. The van der Waals surface area contributed by atoms with Crippen LogP contribution in [0.3, 0.4) is 0 Å². The minimum atomic E-state index is -0.166.